The zero-order chi connectivity index (χ0) is 13.9. The van der Waals surface area contributed by atoms with Crippen molar-refractivity contribution in [2.24, 2.45) is 0 Å². The van der Waals surface area contributed by atoms with Gasteiger partial charge in [0.2, 0.25) is 0 Å². The Labute approximate surface area is 118 Å². The zero-order valence-corrected chi connectivity index (χ0v) is 12.9. The quantitative estimate of drug-likeness (QED) is 0.874. The highest BCUT2D eigenvalue weighted by Gasteiger charge is 2.32. The first kappa shape index (κ1) is 14.5. The van der Waals surface area contributed by atoms with E-state index in [4.69, 9.17) is 0 Å². The van der Waals surface area contributed by atoms with Gasteiger partial charge in [0.15, 0.2) is 0 Å². The molecule has 1 fully saturated rings. The van der Waals surface area contributed by atoms with Crippen molar-refractivity contribution in [1.82, 2.24) is 10.2 Å². The van der Waals surface area contributed by atoms with Crippen molar-refractivity contribution in [3.8, 4) is 0 Å². The van der Waals surface area contributed by atoms with E-state index in [1.807, 2.05) is 0 Å². The minimum Gasteiger partial charge on any atom is -0.310 e. The molecule has 106 valence electrons. The number of likely N-dealkylation sites (N-methyl/N-ethyl adjacent to an activating group) is 1. The molecule has 2 heteroatoms. The maximum Gasteiger partial charge on any atom is 0.0238 e. The summed E-state index contributed by atoms with van der Waals surface area (Å²) in [7, 11) is 2.24. The summed E-state index contributed by atoms with van der Waals surface area (Å²) >= 11 is 0. The van der Waals surface area contributed by atoms with Crippen molar-refractivity contribution in [3.63, 3.8) is 0 Å². The molecule has 0 aromatic heterocycles. The lowest BCUT2D eigenvalue weighted by atomic mass is 10.0. The van der Waals surface area contributed by atoms with E-state index >= 15 is 0 Å². The summed E-state index contributed by atoms with van der Waals surface area (Å²) in [5.74, 6) is 0. The molecule has 0 amide bonds. The molecule has 0 spiro atoms. The molecule has 1 aliphatic rings. The molecule has 1 atom stereocenters. The van der Waals surface area contributed by atoms with E-state index in [9.17, 15) is 0 Å². The van der Waals surface area contributed by atoms with E-state index in [-0.39, 0.29) is 0 Å². The molecule has 0 radical (unpaired) electrons. The number of nitrogens with one attached hydrogen (secondary N) is 1. The number of hydrogen-bond acceptors (Lipinski definition) is 2. The number of aryl methyl sites for hydroxylation is 1. The Morgan fingerprint density at radius 1 is 1.21 bits per heavy atom. The number of benzene rings is 1. The normalized spacial score (nSPS) is 22.1. The van der Waals surface area contributed by atoms with E-state index in [0.29, 0.717) is 11.6 Å². The van der Waals surface area contributed by atoms with E-state index < -0.39 is 0 Å². The lowest BCUT2D eigenvalue weighted by molar-refractivity contribution is 0.240. The van der Waals surface area contributed by atoms with Gasteiger partial charge in [-0.1, -0.05) is 37.6 Å². The second-order valence-corrected chi connectivity index (χ2v) is 6.60. The van der Waals surface area contributed by atoms with Gasteiger partial charge in [-0.05, 0) is 44.9 Å². The molecule has 2 nitrogen and oxygen atoms in total. The second kappa shape index (κ2) is 6.06. The van der Waals surface area contributed by atoms with Gasteiger partial charge in [0.25, 0.3) is 0 Å². The van der Waals surface area contributed by atoms with Crippen LogP contribution in [0.2, 0.25) is 0 Å². The summed E-state index contributed by atoms with van der Waals surface area (Å²) < 4.78 is 0. The molecule has 1 heterocycles. The van der Waals surface area contributed by atoms with Gasteiger partial charge < -0.3 is 5.32 Å². The summed E-state index contributed by atoms with van der Waals surface area (Å²) in [6.45, 7) is 8.98. The average Bonchev–Trinajstić information content (AvgIpc) is 2.73. The number of hydrogen-bond donors (Lipinski definition) is 1. The Hall–Kier alpha value is -0.860. The van der Waals surface area contributed by atoms with Crippen LogP contribution in [0, 0.1) is 0 Å². The third-order valence-electron chi connectivity index (χ3n) is 4.18. The van der Waals surface area contributed by atoms with E-state index in [0.717, 1.165) is 13.1 Å². The Morgan fingerprint density at radius 3 is 2.37 bits per heavy atom. The molecule has 19 heavy (non-hydrogen) atoms. The maximum absolute atomic E-state index is 3.60. The SMILES string of the molecule is CCCc1ccc(CN(C)C2CNC(C)(C)C2)cc1. The zero-order valence-electron chi connectivity index (χ0n) is 12.9. The van der Waals surface area contributed by atoms with Gasteiger partial charge in [-0.15, -0.1) is 0 Å². The first-order valence-corrected chi connectivity index (χ1v) is 7.53. The third-order valence-corrected chi connectivity index (χ3v) is 4.18. The van der Waals surface area contributed by atoms with Crippen LogP contribution < -0.4 is 5.32 Å². The summed E-state index contributed by atoms with van der Waals surface area (Å²) in [5, 5.41) is 3.60. The van der Waals surface area contributed by atoms with Crippen LogP contribution in [0.25, 0.3) is 0 Å². The highest BCUT2D eigenvalue weighted by Crippen LogP contribution is 2.22. The van der Waals surface area contributed by atoms with Crippen LogP contribution in [0.3, 0.4) is 0 Å². The van der Waals surface area contributed by atoms with E-state index in [1.54, 1.807) is 0 Å². The fraction of sp³-hybridized carbons (Fsp3) is 0.647. The second-order valence-electron chi connectivity index (χ2n) is 6.60. The Balaban J connectivity index is 1.90. The summed E-state index contributed by atoms with van der Waals surface area (Å²) in [6.07, 6.45) is 3.65. The minimum absolute atomic E-state index is 0.296. The van der Waals surface area contributed by atoms with Gasteiger partial charge in [-0.3, -0.25) is 4.90 Å². The minimum atomic E-state index is 0.296. The third kappa shape index (κ3) is 4.05. The van der Waals surface area contributed by atoms with Gasteiger partial charge in [0.1, 0.15) is 0 Å². The van der Waals surface area contributed by atoms with Crippen LogP contribution in [-0.4, -0.2) is 30.1 Å². The molecular formula is C17H28N2. The fourth-order valence-electron chi connectivity index (χ4n) is 2.96. The summed E-state index contributed by atoms with van der Waals surface area (Å²) in [5.41, 5.74) is 3.17. The first-order valence-electron chi connectivity index (χ1n) is 7.53. The van der Waals surface area contributed by atoms with Crippen molar-refractivity contribution in [1.29, 1.82) is 0 Å². The van der Waals surface area contributed by atoms with Crippen molar-refractivity contribution < 1.29 is 0 Å². The molecule has 1 aromatic carbocycles. The van der Waals surface area contributed by atoms with Gasteiger partial charge in [0.05, 0.1) is 0 Å². The standard InChI is InChI=1S/C17H28N2/c1-5-6-14-7-9-15(10-8-14)13-19(4)16-11-17(2,3)18-12-16/h7-10,16,18H,5-6,11-13H2,1-4H3. The van der Waals surface area contributed by atoms with Crippen LogP contribution in [-0.2, 0) is 13.0 Å². The molecule has 0 aliphatic carbocycles. The van der Waals surface area contributed by atoms with E-state index in [2.05, 4.69) is 62.3 Å². The number of nitrogens with zero attached hydrogens (tertiary/aromatic N) is 1. The predicted octanol–water partition coefficient (Wildman–Crippen LogP) is 3.21. The lowest BCUT2D eigenvalue weighted by Crippen LogP contribution is -2.32. The molecule has 0 saturated carbocycles. The van der Waals surface area contributed by atoms with Crippen molar-refractivity contribution in [2.75, 3.05) is 13.6 Å². The smallest absolute Gasteiger partial charge is 0.0238 e. The molecule has 1 aliphatic heterocycles. The van der Waals surface area contributed by atoms with Crippen molar-refractivity contribution in [2.45, 2.75) is 58.2 Å². The Morgan fingerprint density at radius 2 is 1.84 bits per heavy atom. The Kier molecular flexibility index (Phi) is 4.64. The van der Waals surface area contributed by atoms with Crippen LogP contribution >= 0.6 is 0 Å². The van der Waals surface area contributed by atoms with Crippen LogP contribution in [0.5, 0.6) is 0 Å². The van der Waals surface area contributed by atoms with Gasteiger partial charge >= 0.3 is 0 Å². The highest BCUT2D eigenvalue weighted by atomic mass is 15.2. The molecular weight excluding hydrogens is 232 g/mol. The van der Waals surface area contributed by atoms with Crippen LogP contribution in [0.15, 0.2) is 24.3 Å². The van der Waals surface area contributed by atoms with E-state index in [1.165, 1.54) is 30.4 Å². The Bertz CT molecular complexity index is 394. The topological polar surface area (TPSA) is 15.3 Å². The lowest BCUT2D eigenvalue weighted by Gasteiger charge is -2.25. The maximum atomic E-state index is 3.60. The summed E-state index contributed by atoms with van der Waals surface area (Å²) in [4.78, 5) is 2.48. The number of rotatable bonds is 5. The van der Waals surface area contributed by atoms with Crippen LogP contribution in [0.4, 0.5) is 0 Å². The average molecular weight is 260 g/mol. The molecule has 0 bridgehead atoms. The van der Waals surface area contributed by atoms with Crippen LogP contribution in [0.1, 0.15) is 44.7 Å². The fourth-order valence-corrected chi connectivity index (χ4v) is 2.96. The monoisotopic (exact) mass is 260 g/mol. The largest absolute Gasteiger partial charge is 0.310 e. The predicted molar refractivity (Wildman–Crippen MR) is 82.4 cm³/mol. The van der Waals surface area contributed by atoms with Gasteiger partial charge in [0, 0.05) is 24.7 Å². The first-order chi connectivity index (χ1) is 9.00. The highest BCUT2D eigenvalue weighted by molar-refractivity contribution is 5.22. The molecule has 1 aromatic rings. The summed E-state index contributed by atoms with van der Waals surface area (Å²) in [6, 6.07) is 9.79. The molecule has 1 unspecified atom stereocenters. The van der Waals surface area contributed by atoms with Gasteiger partial charge in [-0.2, -0.15) is 0 Å². The van der Waals surface area contributed by atoms with Crippen molar-refractivity contribution in [3.05, 3.63) is 35.4 Å². The van der Waals surface area contributed by atoms with Gasteiger partial charge in [-0.25, -0.2) is 0 Å². The molecule has 2 rings (SSSR count). The molecule has 1 saturated heterocycles. The van der Waals surface area contributed by atoms with Crippen molar-refractivity contribution >= 4 is 0 Å². The molecule has 1 N–H and O–H groups in total.